The van der Waals surface area contributed by atoms with Crippen LogP contribution in [-0.4, -0.2) is 29.0 Å². The average molecular weight is 228 g/mol. The van der Waals surface area contributed by atoms with Gasteiger partial charge in [0, 0.05) is 43.2 Å². The number of para-hydroxylation sites is 1. The van der Waals surface area contributed by atoms with Crippen molar-refractivity contribution >= 4 is 17.3 Å². The summed E-state index contributed by atoms with van der Waals surface area (Å²) in [5, 5.41) is 1.35. The van der Waals surface area contributed by atoms with Crippen LogP contribution in [-0.2, 0) is 24.7 Å². The van der Waals surface area contributed by atoms with E-state index >= 15 is 0 Å². The molecule has 1 aromatic carbocycles. The topological polar surface area (TPSA) is 25.2 Å². The van der Waals surface area contributed by atoms with Gasteiger partial charge in [0.25, 0.3) is 0 Å². The highest BCUT2D eigenvalue weighted by atomic mass is 16.1. The average Bonchev–Trinajstić information content (AvgIpc) is 2.55. The monoisotopic (exact) mass is 228 g/mol. The van der Waals surface area contributed by atoms with Gasteiger partial charge in [-0.3, -0.25) is 4.79 Å². The minimum absolute atomic E-state index is 0.834. The molecule has 1 aliphatic rings. The number of aryl methyl sites for hydroxylation is 1. The second-order valence-corrected chi connectivity index (χ2v) is 4.64. The van der Waals surface area contributed by atoms with Gasteiger partial charge in [-0.2, -0.15) is 0 Å². The molecule has 0 atom stereocenters. The summed E-state index contributed by atoms with van der Waals surface area (Å²) in [6, 6.07) is 8.52. The first-order chi connectivity index (χ1) is 8.31. The van der Waals surface area contributed by atoms with Gasteiger partial charge in [-0.15, -0.1) is 0 Å². The number of hydrogen-bond donors (Lipinski definition) is 0. The largest absolute Gasteiger partial charge is 0.347 e. The first-order valence-corrected chi connectivity index (χ1v) is 6.06. The third-order valence-electron chi connectivity index (χ3n) is 3.78. The molecule has 0 fully saturated rings. The Morgan fingerprint density at radius 3 is 2.76 bits per heavy atom. The molecule has 1 aliphatic heterocycles. The van der Waals surface area contributed by atoms with Crippen LogP contribution in [0.2, 0.25) is 0 Å². The molecule has 0 spiro atoms. The molecule has 1 aromatic heterocycles. The van der Waals surface area contributed by atoms with Gasteiger partial charge in [-0.1, -0.05) is 18.2 Å². The fourth-order valence-electron chi connectivity index (χ4n) is 2.84. The maximum atomic E-state index is 10.9. The predicted octanol–water partition coefficient (Wildman–Crippen LogP) is 1.74. The summed E-state index contributed by atoms with van der Waals surface area (Å²) in [5.74, 6) is 0. The standard InChI is InChI=1S/C14H16N2O/c1-15-13-5-3-2-4-11(13)12-6-8-16(10-17)9-7-14(12)15/h2-5,10H,6-9H2,1H3. The smallest absolute Gasteiger partial charge is 0.209 e. The van der Waals surface area contributed by atoms with Crippen LogP contribution < -0.4 is 0 Å². The van der Waals surface area contributed by atoms with E-state index in [9.17, 15) is 4.79 Å². The van der Waals surface area contributed by atoms with Crippen molar-refractivity contribution < 1.29 is 4.79 Å². The highest BCUT2D eigenvalue weighted by Crippen LogP contribution is 2.27. The van der Waals surface area contributed by atoms with Crippen molar-refractivity contribution in [1.82, 2.24) is 9.47 Å². The first-order valence-electron chi connectivity index (χ1n) is 6.06. The van der Waals surface area contributed by atoms with Gasteiger partial charge in [0.15, 0.2) is 0 Å². The molecule has 3 nitrogen and oxygen atoms in total. The maximum Gasteiger partial charge on any atom is 0.209 e. The summed E-state index contributed by atoms with van der Waals surface area (Å²) in [6.07, 6.45) is 2.89. The highest BCUT2D eigenvalue weighted by Gasteiger charge is 2.19. The van der Waals surface area contributed by atoms with Crippen LogP contribution in [0.25, 0.3) is 10.9 Å². The van der Waals surface area contributed by atoms with Crippen LogP contribution in [0.15, 0.2) is 24.3 Å². The fraction of sp³-hybridized carbons (Fsp3) is 0.357. The SMILES string of the molecule is Cn1c2c(c3ccccc31)CCN(C=O)CC2. The Hall–Kier alpha value is -1.77. The molecule has 0 N–H and O–H groups in total. The lowest BCUT2D eigenvalue weighted by Crippen LogP contribution is -2.24. The number of hydrogen-bond acceptors (Lipinski definition) is 1. The number of carbonyl (C=O) groups excluding carboxylic acids is 1. The van der Waals surface area contributed by atoms with Crippen LogP contribution in [0.4, 0.5) is 0 Å². The number of nitrogens with zero attached hydrogens (tertiary/aromatic N) is 2. The molecule has 3 heteroatoms. The Kier molecular flexibility index (Phi) is 2.39. The molecule has 17 heavy (non-hydrogen) atoms. The maximum absolute atomic E-state index is 10.9. The van der Waals surface area contributed by atoms with Gasteiger partial charge < -0.3 is 9.47 Å². The molecular formula is C14H16N2O. The molecule has 0 saturated carbocycles. The van der Waals surface area contributed by atoms with E-state index in [0.29, 0.717) is 0 Å². The third kappa shape index (κ3) is 1.54. The van der Waals surface area contributed by atoms with Crippen LogP contribution >= 0.6 is 0 Å². The molecule has 0 unspecified atom stereocenters. The predicted molar refractivity (Wildman–Crippen MR) is 68.0 cm³/mol. The fourth-order valence-corrected chi connectivity index (χ4v) is 2.84. The van der Waals surface area contributed by atoms with E-state index in [1.807, 2.05) is 4.90 Å². The van der Waals surface area contributed by atoms with Crippen LogP contribution in [0.3, 0.4) is 0 Å². The Bertz CT molecular complexity index is 571. The molecule has 88 valence electrons. The molecule has 0 bridgehead atoms. The number of fused-ring (bicyclic) bond motifs is 3. The summed E-state index contributed by atoms with van der Waals surface area (Å²) in [7, 11) is 2.12. The van der Waals surface area contributed by atoms with E-state index in [4.69, 9.17) is 0 Å². The molecule has 0 saturated heterocycles. The Morgan fingerprint density at radius 2 is 1.94 bits per heavy atom. The molecule has 2 aromatic rings. The minimum Gasteiger partial charge on any atom is -0.347 e. The van der Waals surface area contributed by atoms with Gasteiger partial charge in [-0.25, -0.2) is 0 Å². The molecular weight excluding hydrogens is 212 g/mol. The van der Waals surface area contributed by atoms with Crippen LogP contribution in [0.1, 0.15) is 11.3 Å². The second-order valence-electron chi connectivity index (χ2n) is 4.64. The molecule has 3 rings (SSSR count). The number of benzene rings is 1. The third-order valence-corrected chi connectivity index (χ3v) is 3.78. The summed E-state index contributed by atoms with van der Waals surface area (Å²) in [4.78, 5) is 12.7. The van der Waals surface area contributed by atoms with E-state index in [1.165, 1.54) is 22.2 Å². The van der Waals surface area contributed by atoms with Crippen molar-refractivity contribution in [3.05, 3.63) is 35.5 Å². The first kappa shape index (κ1) is 10.4. The van der Waals surface area contributed by atoms with Crippen molar-refractivity contribution in [3.63, 3.8) is 0 Å². The van der Waals surface area contributed by atoms with Gasteiger partial charge in [-0.05, 0) is 18.1 Å². The van der Waals surface area contributed by atoms with Crippen molar-refractivity contribution in [2.75, 3.05) is 13.1 Å². The summed E-state index contributed by atoms with van der Waals surface area (Å²) >= 11 is 0. The van der Waals surface area contributed by atoms with Crippen molar-refractivity contribution in [3.8, 4) is 0 Å². The van der Waals surface area contributed by atoms with E-state index in [1.54, 1.807) is 0 Å². The molecule has 2 heterocycles. The Balaban J connectivity index is 2.15. The summed E-state index contributed by atoms with van der Waals surface area (Å²) in [5.41, 5.74) is 4.11. The zero-order valence-corrected chi connectivity index (χ0v) is 10.0. The van der Waals surface area contributed by atoms with Gasteiger partial charge in [0.05, 0.1) is 0 Å². The van der Waals surface area contributed by atoms with E-state index in [0.717, 1.165) is 32.3 Å². The van der Waals surface area contributed by atoms with Crippen molar-refractivity contribution in [2.24, 2.45) is 7.05 Å². The lowest BCUT2D eigenvalue weighted by Gasteiger charge is -2.13. The van der Waals surface area contributed by atoms with Crippen molar-refractivity contribution in [2.45, 2.75) is 12.8 Å². The van der Waals surface area contributed by atoms with E-state index in [-0.39, 0.29) is 0 Å². The Labute approximate surface area is 101 Å². The molecule has 1 amide bonds. The zero-order chi connectivity index (χ0) is 11.8. The number of amides is 1. The summed E-state index contributed by atoms with van der Waals surface area (Å²) < 4.78 is 2.28. The van der Waals surface area contributed by atoms with E-state index in [2.05, 4.69) is 35.9 Å². The summed E-state index contributed by atoms with van der Waals surface area (Å²) in [6.45, 7) is 1.67. The van der Waals surface area contributed by atoms with E-state index < -0.39 is 0 Å². The number of aromatic nitrogens is 1. The minimum atomic E-state index is 0.834. The number of rotatable bonds is 1. The van der Waals surface area contributed by atoms with Crippen molar-refractivity contribution in [1.29, 1.82) is 0 Å². The van der Waals surface area contributed by atoms with Gasteiger partial charge in [0.1, 0.15) is 0 Å². The second kappa shape index (κ2) is 3.91. The molecule has 0 aliphatic carbocycles. The van der Waals surface area contributed by atoms with Crippen LogP contribution in [0, 0.1) is 0 Å². The Morgan fingerprint density at radius 1 is 1.18 bits per heavy atom. The normalized spacial score (nSPS) is 15.7. The zero-order valence-electron chi connectivity index (χ0n) is 10.0. The van der Waals surface area contributed by atoms with Gasteiger partial charge in [0.2, 0.25) is 6.41 Å². The van der Waals surface area contributed by atoms with Crippen LogP contribution in [0.5, 0.6) is 0 Å². The highest BCUT2D eigenvalue weighted by molar-refractivity contribution is 5.85. The quantitative estimate of drug-likeness (QED) is 0.682. The number of carbonyl (C=O) groups is 1. The molecule has 0 radical (unpaired) electrons. The van der Waals surface area contributed by atoms with Gasteiger partial charge >= 0.3 is 0 Å². The lowest BCUT2D eigenvalue weighted by molar-refractivity contribution is -0.118. The lowest BCUT2D eigenvalue weighted by atomic mass is 10.1.